The molecule has 1 aliphatic rings. The first-order valence-electron chi connectivity index (χ1n) is 7.15. The molecule has 0 aromatic heterocycles. The number of hydrogen-bond donors (Lipinski definition) is 2. The highest BCUT2D eigenvalue weighted by Crippen LogP contribution is 2.20. The van der Waals surface area contributed by atoms with Crippen LogP contribution in [0.3, 0.4) is 0 Å². The van der Waals surface area contributed by atoms with Crippen molar-refractivity contribution in [2.24, 2.45) is 5.41 Å². The summed E-state index contributed by atoms with van der Waals surface area (Å²) >= 11 is 0. The Bertz CT molecular complexity index is 350. The van der Waals surface area contributed by atoms with Gasteiger partial charge in [-0.2, -0.15) is 0 Å². The molecule has 1 unspecified atom stereocenters. The van der Waals surface area contributed by atoms with E-state index >= 15 is 0 Å². The molecule has 116 valence electrons. The predicted octanol–water partition coefficient (Wildman–Crippen LogP) is 1.70. The number of carbonyl (C=O) groups excluding carboxylic acids is 1. The van der Waals surface area contributed by atoms with Crippen LogP contribution in [-0.4, -0.2) is 53.8 Å². The van der Waals surface area contributed by atoms with Crippen molar-refractivity contribution in [1.29, 1.82) is 0 Å². The summed E-state index contributed by atoms with van der Waals surface area (Å²) in [6.07, 6.45) is 1.88. The molecule has 0 aromatic carbocycles. The molecule has 0 spiro atoms. The normalized spacial score (nSPS) is 21.4. The predicted molar refractivity (Wildman–Crippen MR) is 75.6 cm³/mol. The van der Waals surface area contributed by atoms with Gasteiger partial charge in [0.2, 0.25) is 0 Å². The van der Waals surface area contributed by atoms with Crippen molar-refractivity contribution in [3.63, 3.8) is 0 Å². The minimum atomic E-state index is -1.01. The third kappa shape index (κ3) is 4.67. The Balaban J connectivity index is 2.62. The molecule has 1 aliphatic heterocycles. The zero-order chi connectivity index (χ0) is 15.3. The third-order valence-electron chi connectivity index (χ3n) is 3.45. The average Bonchev–Trinajstić information content (AvgIpc) is 2.34. The standard InChI is InChI=1S/C14H26N2O4/c1-5-20-10-7-6-8-16(9-10)13(19)15-11(12(17)18)14(2,3)4/h10-11H,5-9H2,1-4H3,(H,15,19)(H,17,18)/t10?,11-/m0/s1. The number of likely N-dealkylation sites (tertiary alicyclic amines) is 1. The number of carbonyl (C=O) groups is 2. The van der Waals surface area contributed by atoms with E-state index in [1.807, 2.05) is 6.92 Å². The molecular weight excluding hydrogens is 260 g/mol. The van der Waals surface area contributed by atoms with Crippen LogP contribution in [0.5, 0.6) is 0 Å². The highest BCUT2D eigenvalue weighted by molar-refractivity contribution is 5.83. The van der Waals surface area contributed by atoms with Crippen molar-refractivity contribution in [1.82, 2.24) is 10.2 Å². The van der Waals surface area contributed by atoms with Crippen LogP contribution in [0.25, 0.3) is 0 Å². The van der Waals surface area contributed by atoms with E-state index in [-0.39, 0.29) is 12.1 Å². The maximum atomic E-state index is 12.2. The number of rotatable bonds is 4. The fourth-order valence-corrected chi connectivity index (χ4v) is 2.36. The minimum Gasteiger partial charge on any atom is -0.480 e. The molecule has 2 atom stereocenters. The van der Waals surface area contributed by atoms with E-state index in [2.05, 4.69) is 5.32 Å². The highest BCUT2D eigenvalue weighted by Gasteiger charge is 2.34. The van der Waals surface area contributed by atoms with E-state index in [9.17, 15) is 14.7 Å². The van der Waals surface area contributed by atoms with Crippen molar-refractivity contribution in [2.45, 2.75) is 52.7 Å². The highest BCUT2D eigenvalue weighted by atomic mass is 16.5. The molecule has 1 rings (SSSR count). The average molecular weight is 286 g/mol. The second kappa shape index (κ2) is 6.92. The van der Waals surface area contributed by atoms with Crippen LogP contribution in [0.2, 0.25) is 0 Å². The molecule has 0 aliphatic carbocycles. The van der Waals surface area contributed by atoms with E-state index in [4.69, 9.17) is 4.74 Å². The Morgan fingerprint density at radius 1 is 1.45 bits per heavy atom. The van der Waals surface area contributed by atoms with E-state index in [1.165, 1.54) is 0 Å². The molecular formula is C14H26N2O4. The molecule has 1 heterocycles. The monoisotopic (exact) mass is 286 g/mol. The molecule has 0 saturated carbocycles. The second-order valence-electron chi connectivity index (χ2n) is 6.25. The minimum absolute atomic E-state index is 0.0532. The fraction of sp³-hybridized carbons (Fsp3) is 0.857. The van der Waals surface area contributed by atoms with Gasteiger partial charge < -0.3 is 20.1 Å². The quantitative estimate of drug-likeness (QED) is 0.824. The van der Waals surface area contributed by atoms with Gasteiger partial charge in [-0.15, -0.1) is 0 Å². The molecule has 6 nitrogen and oxygen atoms in total. The first-order valence-corrected chi connectivity index (χ1v) is 7.15. The smallest absolute Gasteiger partial charge is 0.326 e. The number of amides is 2. The lowest BCUT2D eigenvalue weighted by molar-refractivity contribution is -0.142. The zero-order valence-corrected chi connectivity index (χ0v) is 12.8. The summed E-state index contributed by atoms with van der Waals surface area (Å²) in [4.78, 5) is 25.1. The molecule has 1 fully saturated rings. The maximum Gasteiger partial charge on any atom is 0.326 e. The van der Waals surface area contributed by atoms with Gasteiger partial charge in [0, 0.05) is 19.7 Å². The Morgan fingerprint density at radius 2 is 2.10 bits per heavy atom. The number of hydrogen-bond acceptors (Lipinski definition) is 3. The summed E-state index contributed by atoms with van der Waals surface area (Å²) in [5, 5.41) is 11.9. The lowest BCUT2D eigenvalue weighted by Crippen LogP contribution is -2.55. The Labute approximate surface area is 120 Å². The van der Waals surface area contributed by atoms with Gasteiger partial charge in [0.05, 0.1) is 6.10 Å². The number of aliphatic carboxylic acids is 1. The van der Waals surface area contributed by atoms with Gasteiger partial charge in [-0.25, -0.2) is 9.59 Å². The number of nitrogens with one attached hydrogen (secondary N) is 1. The lowest BCUT2D eigenvalue weighted by Gasteiger charge is -2.35. The summed E-state index contributed by atoms with van der Waals surface area (Å²) in [7, 11) is 0. The van der Waals surface area contributed by atoms with Gasteiger partial charge in [-0.05, 0) is 25.2 Å². The molecule has 2 amide bonds. The molecule has 20 heavy (non-hydrogen) atoms. The van der Waals surface area contributed by atoms with Crippen LogP contribution in [0, 0.1) is 5.41 Å². The van der Waals surface area contributed by atoms with Gasteiger partial charge in [-0.1, -0.05) is 20.8 Å². The van der Waals surface area contributed by atoms with Crippen LogP contribution in [0.15, 0.2) is 0 Å². The zero-order valence-electron chi connectivity index (χ0n) is 12.8. The van der Waals surface area contributed by atoms with E-state index in [0.717, 1.165) is 12.8 Å². The van der Waals surface area contributed by atoms with Crippen LogP contribution in [-0.2, 0) is 9.53 Å². The van der Waals surface area contributed by atoms with E-state index in [1.54, 1.807) is 25.7 Å². The number of piperidine rings is 1. The van der Waals surface area contributed by atoms with Gasteiger partial charge in [0.25, 0.3) is 0 Å². The Hall–Kier alpha value is -1.30. The van der Waals surface area contributed by atoms with Crippen LogP contribution >= 0.6 is 0 Å². The Morgan fingerprint density at radius 3 is 2.60 bits per heavy atom. The fourth-order valence-electron chi connectivity index (χ4n) is 2.36. The van der Waals surface area contributed by atoms with Crippen molar-refractivity contribution in [3.8, 4) is 0 Å². The number of ether oxygens (including phenoxy) is 1. The largest absolute Gasteiger partial charge is 0.480 e. The lowest BCUT2D eigenvalue weighted by atomic mass is 9.87. The first-order chi connectivity index (χ1) is 9.25. The number of nitrogens with zero attached hydrogens (tertiary/aromatic N) is 1. The summed E-state index contributed by atoms with van der Waals surface area (Å²) < 4.78 is 5.54. The van der Waals surface area contributed by atoms with Gasteiger partial charge >= 0.3 is 12.0 Å². The molecule has 2 N–H and O–H groups in total. The number of urea groups is 1. The SMILES string of the molecule is CCOC1CCCN(C(=O)N[C@@H](C(=O)O)C(C)(C)C)C1. The molecule has 1 saturated heterocycles. The van der Waals surface area contributed by atoms with Crippen molar-refractivity contribution >= 4 is 12.0 Å². The van der Waals surface area contributed by atoms with Crippen molar-refractivity contribution in [2.75, 3.05) is 19.7 Å². The molecule has 0 bridgehead atoms. The van der Waals surface area contributed by atoms with Gasteiger partial charge in [0.1, 0.15) is 6.04 Å². The van der Waals surface area contributed by atoms with Crippen LogP contribution in [0.1, 0.15) is 40.5 Å². The van der Waals surface area contributed by atoms with Gasteiger partial charge in [0.15, 0.2) is 0 Å². The molecule has 0 radical (unpaired) electrons. The van der Waals surface area contributed by atoms with Crippen LogP contribution < -0.4 is 5.32 Å². The van der Waals surface area contributed by atoms with Crippen molar-refractivity contribution < 1.29 is 19.4 Å². The summed E-state index contributed by atoms with van der Waals surface area (Å²) in [6, 6.07) is -1.22. The van der Waals surface area contributed by atoms with Crippen molar-refractivity contribution in [3.05, 3.63) is 0 Å². The Kier molecular flexibility index (Phi) is 5.80. The van der Waals surface area contributed by atoms with E-state index in [0.29, 0.717) is 19.7 Å². The first kappa shape index (κ1) is 16.8. The van der Waals surface area contributed by atoms with Crippen LogP contribution in [0.4, 0.5) is 4.79 Å². The number of carboxylic acid groups (broad SMARTS) is 1. The topological polar surface area (TPSA) is 78.9 Å². The summed E-state index contributed by atoms with van der Waals surface area (Å²) in [5.41, 5.74) is -0.531. The molecule has 0 aromatic rings. The molecule has 6 heteroatoms. The number of carboxylic acids is 1. The van der Waals surface area contributed by atoms with E-state index < -0.39 is 17.4 Å². The summed E-state index contributed by atoms with van der Waals surface area (Å²) in [6.45, 7) is 9.11. The summed E-state index contributed by atoms with van der Waals surface area (Å²) in [5.74, 6) is -1.01. The maximum absolute atomic E-state index is 12.2. The van der Waals surface area contributed by atoms with Gasteiger partial charge in [-0.3, -0.25) is 0 Å². The second-order valence-corrected chi connectivity index (χ2v) is 6.25. The third-order valence-corrected chi connectivity index (χ3v) is 3.45.